The summed E-state index contributed by atoms with van der Waals surface area (Å²) in [4.78, 5) is 13.2. The van der Waals surface area contributed by atoms with E-state index in [1.165, 1.54) is 17.0 Å². The van der Waals surface area contributed by atoms with Crippen molar-refractivity contribution in [1.29, 1.82) is 0 Å². The summed E-state index contributed by atoms with van der Waals surface area (Å²) in [5.74, 6) is -0.833. The molecular formula is C11H15FN2O. The van der Waals surface area contributed by atoms with Gasteiger partial charge >= 0.3 is 0 Å². The summed E-state index contributed by atoms with van der Waals surface area (Å²) in [6.45, 7) is 3.95. The van der Waals surface area contributed by atoms with Gasteiger partial charge in [0.2, 0.25) is 0 Å². The molecule has 0 aliphatic heterocycles. The minimum absolute atomic E-state index is 0.0388. The smallest absolute Gasteiger partial charge is 0.256 e. The Morgan fingerprint density at radius 2 is 2.13 bits per heavy atom. The molecule has 0 saturated carbocycles. The number of halogens is 1. The van der Waals surface area contributed by atoms with Crippen molar-refractivity contribution in [3.63, 3.8) is 0 Å². The van der Waals surface area contributed by atoms with Crippen LogP contribution in [0.25, 0.3) is 0 Å². The van der Waals surface area contributed by atoms with Gasteiger partial charge in [-0.25, -0.2) is 4.39 Å². The fourth-order valence-electron chi connectivity index (χ4n) is 1.30. The first-order chi connectivity index (χ1) is 6.97. The molecule has 15 heavy (non-hydrogen) atoms. The number of hydrogen-bond donors (Lipinski definition) is 1. The maximum atomic E-state index is 13.6. The molecule has 0 spiro atoms. The lowest BCUT2D eigenvalue weighted by Crippen LogP contribution is -2.27. The Bertz CT molecular complexity index is 390. The van der Waals surface area contributed by atoms with Crippen molar-refractivity contribution in [2.45, 2.75) is 13.8 Å². The highest BCUT2D eigenvalue weighted by Gasteiger charge is 2.17. The van der Waals surface area contributed by atoms with Gasteiger partial charge in [0.25, 0.3) is 5.91 Å². The molecule has 0 aliphatic carbocycles. The maximum absolute atomic E-state index is 13.6. The number of carbonyl (C=O) groups excluding carboxylic acids is 1. The number of nitrogens with two attached hydrogens (primary N) is 1. The minimum Gasteiger partial charge on any atom is -0.399 e. The number of rotatable bonds is 2. The average molecular weight is 210 g/mol. The molecule has 1 amide bonds. The van der Waals surface area contributed by atoms with Crippen molar-refractivity contribution >= 4 is 11.6 Å². The average Bonchev–Trinajstić information content (AvgIpc) is 2.21. The van der Waals surface area contributed by atoms with Gasteiger partial charge in [0, 0.05) is 19.3 Å². The first-order valence-electron chi connectivity index (χ1n) is 4.78. The second-order valence-electron chi connectivity index (χ2n) is 3.52. The molecule has 0 unspecified atom stereocenters. The zero-order valence-electron chi connectivity index (χ0n) is 9.17. The molecule has 0 heterocycles. The molecule has 3 nitrogen and oxygen atoms in total. The summed E-state index contributed by atoms with van der Waals surface area (Å²) in [6.07, 6.45) is 0. The first-order valence-corrected chi connectivity index (χ1v) is 4.78. The van der Waals surface area contributed by atoms with Crippen LogP contribution >= 0.6 is 0 Å². The van der Waals surface area contributed by atoms with E-state index in [2.05, 4.69) is 0 Å². The standard InChI is InChI=1S/C11H15FN2O/c1-4-14(3)11(15)9-6-8(13)5-7(2)10(9)12/h5-6H,4,13H2,1-3H3. The number of hydrogen-bond acceptors (Lipinski definition) is 2. The molecule has 1 aromatic carbocycles. The van der Waals surface area contributed by atoms with E-state index in [1.54, 1.807) is 14.0 Å². The van der Waals surface area contributed by atoms with E-state index in [1.807, 2.05) is 6.92 Å². The van der Waals surface area contributed by atoms with Gasteiger partial charge in [-0.3, -0.25) is 4.79 Å². The van der Waals surface area contributed by atoms with E-state index in [0.717, 1.165) is 0 Å². The normalized spacial score (nSPS) is 10.1. The highest BCUT2D eigenvalue weighted by Crippen LogP contribution is 2.18. The number of nitrogen functional groups attached to an aromatic ring is 1. The summed E-state index contributed by atoms with van der Waals surface area (Å²) in [6, 6.07) is 2.88. The zero-order valence-corrected chi connectivity index (χ0v) is 9.17. The molecular weight excluding hydrogens is 195 g/mol. The van der Waals surface area contributed by atoms with E-state index in [0.29, 0.717) is 17.8 Å². The van der Waals surface area contributed by atoms with Crippen LogP contribution in [0.2, 0.25) is 0 Å². The van der Waals surface area contributed by atoms with Crippen LogP contribution < -0.4 is 5.73 Å². The van der Waals surface area contributed by atoms with E-state index in [-0.39, 0.29) is 11.5 Å². The summed E-state index contributed by atoms with van der Waals surface area (Å²) in [5.41, 5.74) is 6.40. The third kappa shape index (κ3) is 2.26. The van der Waals surface area contributed by atoms with Crippen LogP contribution in [0.3, 0.4) is 0 Å². The summed E-state index contributed by atoms with van der Waals surface area (Å²) >= 11 is 0. The van der Waals surface area contributed by atoms with Gasteiger partial charge in [-0.15, -0.1) is 0 Å². The van der Waals surface area contributed by atoms with Gasteiger partial charge in [0.1, 0.15) is 5.82 Å². The van der Waals surface area contributed by atoms with Crippen molar-refractivity contribution in [1.82, 2.24) is 4.90 Å². The Balaban J connectivity index is 3.19. The van der Waals surface area contributed by atoms with Gasteiger partial charge in [-0.1, -0.05) is 0 Å². The van der Waals surface area contributed by atoms with Gasteiger partial charge in [-0.05, 0) is 31.5 Å². The fourth-order valence-corrected chi connectivity index (χ4v) is 1.30. The van der Waals surface area contributed by atoms with Crippen LogP contribution in [0.5, 0.6) is 0 Å². The van der Waals surface area contributed by atoms with Gasteiger partial charge in [-0.2, -0.15) is 0 Å². The molecule has 0 bridgehead atoms. The lowest BCUT2D eigenvalue weighted by molar-refractivity contribution is 0.0797. The number of benzene rings is 1. The van der Waals surface area contributed by atoms with Crippen molar-refractivity contribution in [2.24, 2.45) is 0 Å². The lowest BCUT2D eigenvalue weighted by Gasteiger charge is -2.15. The number of nitrogens with zero attached hydrogens (tertiary/aromatic N) is 1. The molecule has 0 radical (unpaired) electrons. The van der Waals surface area contributed by atoms with Crippen molar-refractivity contribution in [3.05, 3.63) is 29.1 Å². The van der Waals surface area contributed by atoms with Gasteiger partial charge in [0.15, 0.2) is 0 Å². The van der Waals surface area contributed by atoms with Gasteiger partial charge < -0.3 is 10.6 Å². The SMILES string of the molecule is CCN(C)C(=O)c1cc(N)cc(C)c1F. The van der Waals surface area contributed by atoms with Crippen LogP contribution in [-0.4, -0.2) is 24.4 Å². The molecule has 4 heteroatoms. The molecule has 0 fully saturated rings. The number of amides is 1. The predicted molar refractivity (Wildman–Crippen MR) is 58.2 cm³/mol. The second kappa shape index (κ2) is 4.29. The molecule has 0 aliphatic rings. The van der Waals surface area contributed by atoms with Crippen LogP contribution in [0.4, 0.5) is 10.1 Å². The van der Waals surface area contributed by atoms with E-state index in [4.69, 9.17) is 5.73 Å². The third-order valence-corrected chi connectivity index (χ3v) is 2.33. The molecule has 2 N–H and O–H groups in total. The van der Waals surface area contributed by atoms with Crippen LogP contribution in [0.1, 0.15) is 22.8 Å². The van der Waals surface area contributed by atoms with E-state index >= 15 is 0 Å². The summed E-state index contributed by atoms with van der Waals surface area (Å²) in [5, 5.41) is 0. The largest absolute Gasteiger partial charge is 0.399 e. The quantitative estimate of drug-likeness (QED) is 0.757. The zero-order chi connectivity index (χ0) is 11.6. The highest BCUT2D eigenvalue weighted by atomic mass is 19.1. The Hall–Kier alpha value is -1.58. The summed E-state index contributed by atoms with van der Waals surface area (Å²) in [7, 11) is 1.63. The van der Waals surface area contributed by atoms with Crippen LogP contribution in [-0.2, 0) is 0 Å². The minimum atomic E-state index is -0.491. The lowest BCUT2D eigenvalue weighted by atomic mass is 10.1. The topological polar surface area (TPSA) is 46.3 Å². The Morgan fingerprint density at radius 3 is 2.67 bits per heavy atom. The van der Waals surface area contributed by atoms with E-state index in [9.17, 15) is 9.18 Å². The molecule has 1 rings (SSSR count). The van der Waals surface area contributed by atoms with Crippen molar-refractivity contribution in [2.75, 3.05) is 19.3 Å². The second-order valence-corrected chi connectivity index (χ2v) is 3.52. The fraction of sp³-hybridized carbons (Fsp3) is 0.364. The Kier molecular flexibility index (Phi) is 3.29. The molecule has 1 aromatic rings. The molecule has 0 saturated heterocycles. The third-order valence-electron chi connectivity index (χ3n) is 2.33. The molecule has 0 aromatic heterocycles. The van der Waals surface area contributed by atoms with Crippen molar-refractivity contribution < 1.29 is 9.18 Å². The molecule has 0 atom stereocenters. The monoisotopic (exact) mass is 210 g/mol. The van der Waals surface area contributed by atoms with Gasteiger partial charge in [0.05, 0.1) is 5.56 Å². The Morgan fingerprint density at radius 1 is 1.53 bits per heavy atom. The first kappa shape index (κ1) is 11.5. The van der Waals surface area contributed by atoms with E-state index < -0.39 is 5.82 Å². The number of anilines is 1. The van der Waals surface area contributed by atoms with Crippen LogP contribution in [0, 0.1) is 12.7 Å². The predicted octanol–water partition coefficient (Wildman–Crippen LogP) is 1.81. The molecule has 82 valence electrons. The maximum Gasteiger partial charge on any atom is 0.256 e. The highest BCUT2D eigenvalue weighted by molar-refractivity contribution is 5.95. The van der Waals surface area contributed by atoms with Crippen LogP contribution in [0.15, 0.2) is 12.1 Å². The van der Waals surface area contributed by atoms with Crippen molar-refractivity contribution in [3.8, 4) is 0 Å². The number of carbonyl (C=O) groups is 1. The summed E-state index contributed by atoms with van der Waals surface area (Å²) < 4.78 is 13.6. The number of aryl methyl sites for hydroxylation is 1. The Labute approximate surface area is 88.7 Å².